The zero-order chi connectivity index (χ0) is 14.4. The molecule has 1 aliphatic carbocycles. The fourth-order valence-electron chi connectivity index (χ4n) is 2.48. The lowest BCUT2D eigenvalue weighted by Crippen LogP contribution is -2.18. The minimum absolute atomic E-state index is 0.381. The minimum atomic E-state index is 0.381. The molecule has 5 heteroatoms. The average molecular weight is 294 g/mol. The van der Waals surface area contributed by atoms with Crippen molar-refractivity contribution in [2.45, 2.75) is 31.8 Å². The van der Waals surface area contributed by atoms with Crippen molar-refractivity contribution in [2.24, 2.45) is 5.73 Å². The standard InChI is InChI=1S/C15H22N2O2S/c1-18-12-6-7-13(15(16)20)14(10-12)17-8-9-19-11-4-2-3-5-11/h6-7,10-11,17H,2-5,8-9H2,1H3,(H2,16,20). The maximum absolute atomic E-state index is 5.82. The number of methoxy groups -OCH3 is 1. The van der Waals surface area contributed by atoms with Crippen molar-refractivity contribution < 1.29 is 9.47 Å². The van der Waals surface area contributed by atoms with Crippen molar-refractivity contribution in [3.8, 4) is 5.75 Å². The van der Waals surface area contributed by atoms with Crippen LogP contribution in [0.15, 0.2) is 18.2 Å². The van der Waals surface area contributed by atoms with Crippen molar-refractivity contribution >= 4 is 22.9 Å². The highest BCUT2D eigenvalue weighted by Crippen LogP contribution is 2.23. The van der Waals surface area contributed by atoms with Gasteiger partial charge in [0.2, 0.25) is 0 Å². The molecule has 0 heterocycles. The van der Waals surface area contributed by atoms with Crippen LogP contribution >= 0.6 is 12.2 Å². The van der Waals surface area contributed by atoms with E-state index in [1.54, 1.807) is 7.11 Å². The van der Waals surface area contributed by atoms with Crippen molar-refractivity contribution in [1.29, 1.82) is 0 Å². The van der Waals surface area contributed by atoms with Gasteiger partial charge in [0, 0.05) is 23.9 Å². The fourth-order valence-corrected chi connectivity index (χ4v) is 2.66. The normalized spacial score (nSPS) is 15.2. The summed E-state index contributed by atoms with van der Waals surface area (Å²) in [5.41, 5.74) is 7.46. The van der Waals surface area contributed by atoms with E-state index >= 15 is 0 Å². The van der Waals surface area contributed by atoms with E-state index in [9.17, 15) is 0 Å². The van der Waals surface area contributed by atoms with Gasteiger partial charge in [0.25, 0.3) is 0 Å². The number of anilines is 1. The Bertz CT molecular complexity index is 459. The smallest absolute Gasteiger partial charge is 0.120 e. The summed E-state index contributed by atoms with van der Waals surface area (Å²) in [4.78, 5) is 0.381. The monoisotopic (exact) mass is 294 g/mol. The topological polar surface area (TPSA) is 56.5 Å². The molecule has 110 valence electrons. The number of nitrogens with one attached hydrogen (secondary N) is 1. The summed E-state index contributed by atoms with van der Waals surface area (Å²) in [7, 11) is 1.64. The van der Waals surface area contributed by atoms with Crippen molar-refractivity contribution in [1.82, 2.24) is 0 Å². The Kier molecular flexibility index (Phi) is 5.61. The van der Waals surface area contributed by atoms with E-state index < -0.39 is 0 Å². The molecule has 0 aliphatic heterocycles. The molecular weight excluding hydrogens is 272 g/mol. The first-order valence-corrected chi connectivity index (χ1v) is 7.45. The van der Waals surface area contributed by atoms with Gasteiger partial charge in [-0.25, -0.2) is 0 Å². The van der Waals surface area contributed by atoms with Crippen molar-refractivity contribution in [3.63, 3.8) is 0 Å². The van der Waals surface area contributed by atoms with Gasteiger partial charge in [0.05, 0.1) is 19.8 Å². The molecule has 1 saturated carbocycles. The Labute approximate surface area is 125 Å². The van der Waals surface area contributed by atoms with Crippen LogP contribution < -0.4 is 15.8 Å². The third kappa shape index (κ3) is 4.08. The molecule has 20 heavy (non-hydrogen) atoms. The third-order valence-electron chi connectivity index (χ3n) is 3.57. The van der Waals surface area contributed by atoms with Gasteiger partial charge in [-0.3, -0.25) is 0 Å². The maximum atomic E-state index is 5.82. The number of ether oxygens (including phenoxy) is 2. The largest absolute Gasteiger partial charge is 0.497 e. The van der Waals surface area contributed by atoms with Crippen LogP contribution in [0.3, 0.4) is 0 Å². The second-order valence-corrected chi connectivity index (χ2v) is 5.42. The maximum Gasteiger partial charge on any atom is 0.120 e. The Hall–Kier alpha value is -1.33. The number of hydrogen-bond acceptors (Lipinski definition) is 4. The summed E-state index contributed by atoms with van der Waals surface area (Å²) < 4.78 is 11.0. The molecule has 0 radical (unpaired) electrons. The van der Waals surface area contributed by atoms with Gasteiger partial charge < -0.3 is 20.5 Å². The molecule has 4 nitrogen and oxygen atoms in total. The van der Waals surface area contributed by atoms with E-state index in [2.05, 4.69) is 5.32 Å². The highest BCUT2D eigenvalue weighted by Gasteiger charge is 2.14. The van der Waals surface area contributed by atoms with E-state index in [-0.39, 0.29) is 0 Å². The number of nitrogens with two attached hydrogens (primary N) is 1. The Balaban J connectivity index is 1.88. The lowest BCUT2D eigenvalue weighted by atomic mass is 10.1. The van der Waals surface area contributed by atoms with Crippen LogP contribution in [0.25, 0.3) is 0 Å². The summed E-state index contributed by atoms with van der Waals surface area (Å²) in [5.74, 6) is 0.782. The summed E-state index contributed by atoms with van der Waals surface area (Å²) in [5, 5.41) is 3.32. The number of benzene rings is 1. The first kappa shape index (κ1) is 15.1. The molecular formula is C15H22N2O2S. The zero-order valence-corrected chi connectivity index (χ0v) is 12.7. The van der Waals surface area contributed by atoms with Gasteiger partial charge in [-0.15, -0.1) is 0 Å². The van der Waals surface area contributed by atoms with E-state index in [4.69, 9.17) is 27.4 Å². The van der Waals surface area contributed by atoms with Gasteiger partial charge >= 0.3 is 0 Å². The second-order valence-electron chi connectivity index (χ2n) is 4.98. The van der Waals surface area contributed by atoms with E-state index in [1.165, 1.54) is 25.7 Å². The first-order valence-electron chi connectivity index (χ1n) is 7.04. The molecule has 0 bridgehead atoms. The lowest BCUT2D eigenvalue weighted by molar-refractivity contribution is 0.0659. The molecule has 0 spiro atoms. The summed E-state index contributed by atoms with van der Waals surface area (Å²) in [6, 6.07) is 5.64. The van der Waals surface area contributed by atoms with Crippen LogP contribution in [0.4, 0.5) is 5.69 Å². The fraction of sp³-hybridized carbons (Fsp3) is 0.533. The Morgan fingerprint density at radius 1 is 1.40 bits per heavy atom. The van der Waals surface area contributed by atoms with Crippen LogP contribution in [-0.4, -0.2) is 31.4 Å². The van der Waals surface area contributed by atoms with Gasteiger partial charge in [-0.2, -0.15) is 0 Å². The summed E-state index contributed by atoms with van der Waals surface area (Å²) in [6.45, 7) is 1.43. The van der Waals surface area contributed by atoms with Crippen molar-refractivity contribution in [3.05, 3.63) is 23.8 Å². The average Bonchev–Trinajstić information content (AvgIpc) is 2.96. The molecule has 0 atom stereocenters. The lowest BCUT2D eigenvalue weighted by Gasteiger charge is -2.15. The van der Waals surface area contributed by atoms with E-state index in [1.807, 2.05) is 18.2 Å². The van der Waals surface area contributed by atoms with Crippen LogP contribution in [0, 0.1) is 0 Å². The SMILES string of the molecule is COc1ccc(C(N)=S)c(NCCOC2CCCC2)c1. The molecule has 0 aromatic heterocycles. The molecule has 2 rings (SSSR count). The van der Waals surface area contributed by atoms with Gasteiger partial charge in [-0.1, -0.05) is 25.1 Å². The molecule has 1 fully saturated rings. The Morgan fingerprint density at radius 3 is 2.80 bits per heavy atom. The summed E-state index contributed by atoms with van der Waals surface area (Å²) in [6.07, 6.45) is 5.41. The highest BCUT2D eigenvalue weighted by molar-refractivity contribution is 7.80. The zero-order valence-electron chi connectivity index (χ0n) is 11.9. The van der Waals surface area contributed by atoms with Gasteiger partial charge in [0.15, 0.2) is 0 Å². The Morgan fingerprint density at radius 2 is 2.15 bits per heavy atom. The predicted molar refractivity (Wildman–Crippen MR) is 85.6 cm³/mol. The predicted octanol–water partition coefficient (Wildman–Crippen LogP) is 2.70. The van der Waals surface area contributed by atoms with Crippen LogP contribution in [-0.2, 0) is 4.74 Å². The first-order chi connectivity index (χ1) is 9.70. The molecule has 1 aromatic carbocycles. The molecule has 1 aliphatic rings. The highest BCUT2D eigenvalue weighted by atomic mass is 32.1. The number of hydrogen-bond donors (Lipinski definition) is 2. The van der Waals surface area contributed by atoms with Crippen LogP contribution in [0.2, 0.25) is 0 Å². The van der Waals surface area contributed by atoms with Gasteiger partial charge in [-0.05, 0) is 25.0 Å². The van der Waals surface area contributed by atoms with E-state index in [0.717, 1.165) is 23.5 Å². The second kappa shape index (κ2) is 7.45. The van der Waals surface area contributed by atoms with E-state index in [0.29, 0.717) is 17.7 Å². The molecule has 0 amide bonds. The quantitative estimate of drug-likeness (QED) is 0.598. The van der Waals surface area contributed by atoms with Crippen molar-refractivity contribution in [2.75, 3.05) is 25.6 Å². The van der Waals surface area contributed by atoms with Crippen LogP contribution in [0.5, 0.6) is 5.75 Å². The van der Waals surface area contributed by atoms with Crippen LogP contribution in [0.1, 0.15) is 31.2 Å². The third-order valence-corrected chi connectivity index (χ3v) is 3.79. The minimum Gasteiger partial charge on any atom is -0.497 e. The molecule has 1 aromatic rings. The number of rotatable bonds is 7. The van der Waals surface area contributed by atoms with Gasteiger partial charge in [0.1, 0.15) is 10.7 Å². The molecule has 0 saturated heterocycles. The summed E-state index contributed by atoms with van der Waals surface area (Å²) >= 11 is 5.06. The number of thiocarbonyl (C=S) groups is 1. The molecule has 3 N–H and O–H groups in total. The molecule has 0 unspecified atom stereocenters.